The number of carbonyl (C=O) groups excluding carboxylic acids is 2. The Kier molecular flexibility index (Phi) is 5.16. The lowest BCUT2D eigenvalue weighted by Crippen LogP contribution is -2.13. The topological polar surface area (TPSA) is 43.4 Å². The smallest absolute Gasteiger partial charge is 0.338 e. The molecule has 4 heteroatoms. The highest BCUT2D eigenvalue weighted by atomic mass is 35.5. The van der Waals surface area contributed by atoms with Gasteiger partial charge in [-0.05, 0) is 25.5 Å². The molecule has 0 bridgehead atoms. The molecule has 1 aromatic carbocycles. The second-order valence-electron chi connectivity index (χ2n) is 3.54. The fraction of sp³-hybridized carbons (Fsp3) is 0.385. The fourth-order valence-electron chi connectivity index (χ4n) is 1.35. The number of rotatable bonds is 5. The van der Waals surface area contributed by atoms with Crippen molar-refractivity contribution in [2.45, 2.75) is 25.6 Å². The number of esters is 1. The van der Waals surface area contributed by atoms with E-state index in [-0.39, 0.29) is 11.8 Å². The van der Waals surface area contributed by atoms with Crippen LogP contribution >= 0.6 is 11.6 Å². The summed E-state index contributed by atoms with van der Waals surface area (Å²) in [6.07, 6.45) is 0.583. The van der Waals surface area contributed by atoms with Crippen LogP contribution in [0.1, 0.15) is 41.0 Å². The summed E-state index contributed by atoms with van der Waals surface area (Å²) in [6, 6.07) is 6.34. The van der Waals surface area contributed by atoms with Gasteiger partial charge in [0.25, 0.3) is 0 Å². The van der Waals surface area contributed by atoms with Gasteiger partial charge in [0.05, 0.1) is 17.5 Å². The number of hydrogen-bond acceptors (Lipinski definition) is 3. The maximum atomic E-state index is 11.7. The van der Waals surface area contributed by atoms with E-state index in [1.54, 1.807) is 31.2 Å². The quantitative estimate of drug-likeness (QED) is 0.461. The number of halogens is 1. The number of carbonyl (C=O) groups is 2. The summed E-state index contributed by atoms with van der Waals surface area (Å²) < 4.78 is 4.85. The highest BCUT2D eigenvalue weighted by molar-refractivity contribution is 6.33. The van der Waals surface area contributed by atoms with E-state index >= 15 is 0 Å². The molecule has 0 spiro atoms. The van der Waals surface area contributed by atoms with Gasteiger partial charge in [0.15, 0.2) is 5.78 Å². The highest BCUT2D eigenvalue weighted by Crippen LogP contribution is 2.13. The van der Waals surface area contributed by atoms with Gasteiger partial charge in [-0.25, -0.2) is 4.79 Å². The van der Waals surface area contributed by atoms with E-state index in [0.717, 1.165) is 0 Å². The number of hydrogen-bond donors (Lipinski definition) is 0. The number of benzene rings is 1. The standard InChI is InChI=1S/C13H15ClO3/c1-3-11(14)12(15)9-5-7-10(8-6-9)13(16)17-4-2/h5-8,11H,3-4H2,1-2H3. The first-order valence-corrected chi connectivity index (χ1v) is 5.99. The molecule has 0 aliphatic rings. The molecule has 0 radical (unpaired) electrons. The van der Waals surface area contributed by atoms with Crippen LogP contribution in [0.4, 0.5) is 0 Å². The lowest BCUT2D eigenvalue weighted by Gasteiger charge is -2.06. The van der Waals surface area contributed by atoms with E-state index in [4.69, 9.17) is 16.3 Å². The van der Waals surface area contributed by atoms with Gasteiger partial charge in [0.1, 0.15) is 0 Å². The van der Waals surface area contributed by atoms with Crippen molar-refractivity contribution >= 4 is 23.4 Å². The molecule has 1 aromatic rings. The van der Waals surface area contributed by atoms with Crippen molar-refractivity contribution in [2.24, 2.45) is 0 Å². The van der Waals surface area contributed by atoms with Gasteiger partial charge >= 0.3 is 5.97 Å². The molecule has 3 nitrogen and oxygen atoms in total. The molecule has 0 N–H and O–H groups in total. The van der Waals surface area contributed by atoms with Gasteiger partial charge in [-0.15, -0.1) is 11.6 Å². The first-order chi connectivity index (χ1) is 8.10. The third-order valence-electron chi connectivity index (χ3n) is 2.32. The Morgan fingerprint density at radius 2 is 1.71 bits per heavy atom. The van der Waals surface area contributed by atoms with Crippen LogP contribution in [0.5, 0.6) is 0 Å². The second kappa shape index (κ2) is 6.40. The van der Waals surface area contributed by atoms with E-state index in [1.165, 1.54) is 0 Å². The predicted octanol–water partition coefficient (Wildman–Crippen LogP) is 3.06. The van der Waals surface area contributed by atoms with Crippen molar-refractivity contribution in [3.05, 3.63) is 35.4 Å². The first kappa shape index (κ1) is 13.7. The SMILES string of the molecule is CCOC(=O)c1ccc(C(=O)C(Cl)CC)cc1. The van der Waals surface area contributed by atoms with Crippen molar-refractivity contribution in [3.8, 4) is 0 Å². The van der Waals surface area contributed by atoms with Gasteiger partial charge in [0, 0.05) is 5.56 Å². The molecule has 17 heavy (non-hydrogen) atoms. The molecule has 0 aliphatic carbocycles. The molecule has 92 valence electrons. The zero-order valence-corrected chi connectivity index (χ0v) is 10.7. The predicted molar refractivity (Wildman–Crippen MR) is 66.7 cm³/mol. The Morgan fingerprint density at radius 1 is 1.18 bits per heavy atom. The lowest BCUT2D eigenvalue weighted by molar-refractivity contribution is 0.0526. The molecule has 0 saturated heterocycles. The molecule has 0 fully saturated rings. The normalized spacial score (nSPS) is 11.9. The minimum atomic E-state index is -0.511. The summed E-state index contributed by atoms with van der Waals surface area (Å²) in [5, 5.41) is -0.511. The number of alkyl halides is 1. The summed E-state index contributed by atoms with van der Waals surface area (Å²) in [5.41, 5.74) is 0.950. The zero-order chi connectivity index (χ0) is 12.8. The molecule has 1 unspecified atom stereocenters. The first-order valence-electron chi connectivity index (χ1n) is 5.55. The van der Waals surface area contributed by atoms with Crippen molar-refractivity contribution in [1.82, 2.24) is 0 Å². The minimum Gasteiger partial charge on any atom is -0.462 e. The highest BCUT2D eigenvalue weighted by Gasteiger charge is 2.15. The molecular weight excluding hydrogens is 240 g/mol. The van der Waals surface area contributed by atoms with E-state index in [1.807, 2.05) is 6.92 Å². The van der Waals surface area contributed by atoms with Crippen LogP contribution in [-0.4, -0.2) is 23.7 Å². The maximum Gasteiger partial charge on any atom is 0.338 e. The van der Waals surface area contributed by atoms with Gasteiger partial charge < -0.3 is 4.74 Å². The van der Waals surface area contributed by atoms with E-state index in [9.17, 15) is 9.59 Å². The molecule has 0 amide bonds. The van der Waals surface area contributed by atoms with Crippen molar-refractivity contribution < 1.29 is 14.3 Å². The van der Waals surface area contributed by atoms with E-state index < -0.39 is 5.38 Å². The van der Waals surface area contributed by atoms with Crippen LogP contribution in [0.3, 0.4) is 0 Å². The average molecular weight is 255 g/mol. The van der Waals surface area contributed by atoms with Crippen molar-refractivity contribution in [1.29, 1.82) is 0 Å². The zero-order valence-electron chi connectivity index (χ0n) is 9.90. The second-order valence-corrected chi connectivity index (χ2v) is 4.06. The van der Waals surface area contributed by atoms with Gasteiger partial charge in [0.2, 0.25) is 0 Å². The fourth-order valence-corrected chi connectivity index (χ4v) is 1.48. The van der Waals surface area contributed by atoms with Crippen molar-refractivity contribution in [2.75, 3.05) is 6.61 Å². The van der Waals surface area contributed by atoms with E-state index in [2.05, 4.69) is 0 Å². The van der Waals surface area contributed by atoms with Crippen LogP contribution in [0.15, 0.2) is 24.3 Å². The van der Waals surface area contributed by atoms with Crippen LogP contribution in [0.25, 0.3) is 0 Å². The molecule has 1 rings (SSSR count). The van der Waals surface area contributed by atoms with Crippen LogP contribution < -0.4 is 0 Å². The molecular formula is C13H15ClO3. The number of Topliss-reactive ketones (excluding diaryl/α,β-unsaturated/α-hetero) is 1. The molecule has 0 aromatic heterocycles. The Morgan fingerprint density at radius 3 is 2.18 bits per heavy atom. The summed E-state index contributed by atoms with van der Waals surface area (Å²) in [4.78, 5) is 23.1. The average Bonchev–Trinajstić information content (AvgIpc) is 2.37. The molecule has 1 atom stereocenters. The van der Waals surface area contributed by atoms with E-state index in [0.29, 0.717) is 24.2 Å². The molecule has 0 aliphatic heterocycles. The van der Waals surface area contributed by atoms with Gasteiger partial charge in [-0.1, -0.05) is 19.1 Å². The summed E-state index contributed by atoms with van der Waals surface area (Å²) in [6.45, 7) is 3.93. The lowest BCUT2D eigenvalue weighted by atomic mass is 10.0. The third kappa shape index (κ3) is 3.56. The third-order valence-corrected chi connectivity index (χ3v) is 2.83. The van der Waals surface area contributed by atoms with Crippen LogP contribution in [-0.2, 0) is 4.74 Å². The Labute approximate surface area is 106 Å². The summed E-state index contributed by atoms with van der Waals surface area (Å²) >= 11 is 5.86. The summed E-state index contributed by atoms with van der Waals surface area (Å²) in [5.74, 6) is -0.506. The Hall–Kier alpha value is -1.35. The van der Waals surface area contributed by atoms with Gasteiger partial charge in [-0.3, -0.25) is 4.79 Å². The van der Waals surface area contributed by atoms with Crippen LogP contribution in [0.2, 0.25) is 0 Å². The number of ketones is 1. The number of ether oxygens (including phenoxy) is 1. The van der Waals surface area contributed by atoms with Crippen molar-refractivity contribution in [3.63, 3.8) is 0 Å². The Balaban J connectivity index is 2.81. The minimum absolute atomic E-state index is 0.121. The maximum absolute atomic E-state index is 11.7. The largest absolute Gasteiger partial charge is 0.462 e. The summed E-state index contributed by atoms with van der Waals surface area (Å²) in [7, 11) is 0. The van der Waals surface area contributed by atoms with Crippen LogP contribution in [0, 0.1) is 0 Å². The Bertz CT molecular complexity index is 398. The molecule has 0 saturated carbocycles. The molecule has 0 heterocycles. The van der Waals surface area contributed by atoms with Gasteiger partial charge in [-0.2, -0.15) is 0 Å². The monoisotopic (exact) mass is 254 g/mol.